The molecule has 1 aromatic carbocycles. The number of nitro benzene ring substituents is 1. The van der Waals surface area contributed by atoms with Gasteiger partial charge >= 0.3 is 0 Å². The molecule has 0 bridgehead atoms. The van der Waals surface area contributed by atoms with E-state index in [1.807, 2.05) is 0 Å². The zero-order valence-electron chi connectivity index (χ0n) is 11.0. The van der Waals surface area contributed by atoms with Gasteiger partial charge in [-0.25, -0.2) is 0 Å². The van der Waals surface area contributed by atoms with Crippen molar-refractivity contribution in [2.45, 2.75) is 31.7 Å². The van der Waals surface area contributed by atoms with E-state index in [0.717, 1.165) is 0 Å². The zero-order valence-corrected chi connectivity index (χ0v) is 11.0. The van der Waals surface area contributed by atoms with Crippen molar-refractivity contribution in [3.05, 3.63) is 39.4 Å². The number of imide groups is 1. The molecule has 110 valence electrons. The zero-order chi connectivity index (χ0) is 15.1. The fourth-order valence-corrected chi connectivity index (χ4v) is 2.90. The van der Waals surface area contributed by atoms with Crippen LogP contribution in [0, 0.1) is 10.1 Å². The molecule has 0 saturated carbocycles. The highest BCUT2D eigenvalue weighted by atomic mass is 16.6. The summed E-state index contributed by atoms with van der Waals surface area (Å²) in [7, 11) is 0. The molecule has 2 N–H and O–H groups in total. The van der Waals surface area contributed by atoms with Gasteiger partial charge in [-0.2, -0.15) is 0 Å². The average molecular weight is 291 g/mol. The van der Waals surface area contributed by atoms with Crippen LogP contribution in [0.15, 0.2) is 18.2 Å². The average Bonchev–Trinajstić information content (AvgIpc) is 2.76. The molecule has 1 aromatic rings. The molecule has 2 unspecified atom stereocenters. The Morgan fingerprint density at radius 3 is 2.81 bits per heavy atom. The molecule has 8 heteroatoms. The number of nitro groups is 1. The van der Waals surface area contributed by atoms with E-state index in [9.17, 15) is 24.8 Å². The van der Waals surface area contributed by atoms with Gasteiger partial charge in [0.2, 0.25) is 11.8 Å². The Labute approximate surface area is 119 Å². The van der Waals surface area contributed by atoms with Crippen molar-refractivity contribution in [1.29, 1.82) is 0 Å². The quantitative estimate of drug-likeness (QED) is 0.457. The topological polar surface area (TPSA) is 113 Å². The minimum Gasteiger partial charge on any atom is -0.374 e. The number of hydrogen-bond acceptors (Lipinski definition) is 6. The molecular weight excluding hydrogens is 278 g/mol. The van der Waals surface area contributed by atoms with Crippen LogP contribution in [-0.4, -0.2) is 32.8 Å². The van der Waals surface area contributed by atoms with Crippen molar-refractivity contribution in [1.82, 2.24) is 10.2 Å². The van der Waals surface area contributed by atoms with Crippen LogP contribution in [-0.2, 0) is 16.1 Å². The normalized spacial score (nSPS) is 25.6. The number of nitrogens with zero attached hydrogens (tertiary/aromatic N) is 2. The van der Waals surface area contributed by atoms with E-state index >= 15 is 0 Å². The molecule has 2 aliphatic heterocycles. The number of benzene rings is 1. The molecule has 1 saturated heterocycles. The maximum absolute atomic E-state index is 11.9. The Balaban J connectivity index is 1.92. The van der Waals surface area contributed by atoms with E-state index in [1.165, 1.54) is 17.0 Å². The van der Waals surface area contributed by atoms with Crippen molar-refractivity contribution in [3.8, 4) is 0 Å². The number of hydrogen-bond donors (Lipinski definition) is 2. The van der Waals surface area contributed by atoms with Gasteiger partial charge in [0.1, 0.15) is 6.23 Å². The van der Waals surface area contributed by atoms with E-state index < -0.39 is 23.1 Å². The maximum Gasteiger partial charge on any atom is 0.274 e. The predicted octanol–water partition coefficient (Wildman–Crippen LogP) is 0.207. The SMILES string of the molecule is O=C1CCC(N2Cc3c(cccc3[N+](=O)[O-])C2O)C(=O)N1. The lowest BCUT2D eigenvalue weighted by atomic mass is 10.0. The molecule has 2 heterocycles. The van der Waals surface area contributed by atoms with Crippen molar-refractivity contribution < 1.29 is 19.6 Å². The highest BCUT2D eigenvalue weighted by Crippen LogP contribution is 2.39. The first-order valence-electron chi connectivity index (χ1n) is 6.52. The standard InChI is InChI=1S/C13H13N3O5/c17-11-5-4-10(12(18)14-11)15-6-8-7(13(15)19)2-1-3-9(8)16(20)21/h1-3,10,13,19H,4-6H2,(H,14,17,18). The predicted molar refractivity (Wildman–Crippen MR) is 69.8 cm³/mol. The number of aliphatic hydroxyl groups is 1. The third kappa shape index (κ3) is 2.18. The van der Waals surface area contributed by atoms with Crippen LogP contribution in [0.4, 0.5) is 5.69 Å². The number of carbonyl (C=O) groups excluding carboxylic acids is 2. The van der Waals surface area contributed by atoms with Gasteiger partial charge in [-0.05, 0) is 6.42 Å². The Hall–Kier alpha value is -2.32. The van der Waals surface area contributed by atoms with Crippen molar-refractivity contribution in [2.24, 2.45) is 0 Å². The molecule has 0 aromatic heterocycles. The van der Waals surface area contributed by atoms with E-state index in [-0.39, 0.29) is 24.6 Å². The fraction of sp³-hybridized carbons (Fsp3) is 0.385. The molecule has 0 aliphatic carbocycles. The Kier molecular flexibility index (Phi) is 3.19. The second-order valence-electron chi connectivity index (χ2n) is 5.11. The van der Waals surface area contributed by atoms with E-state index in [1.54, 1.807) is 6.07 Å². The number of carbonyl (C=O) groups is 2. The summed E-state index contributed by atoms with van der Waals surface area (Å²) in [6.07, 6.45) is -0.592. The third-order valence-electron chi connectivity index (χ3n) is 3.93. The van der Waals surface area contributed by atoms with Crippen LogP contribution in [0.25, 0.3) is 0 Å². The molecule has 2 amide bonds. The monoisotopic (exact) mass is 291 g/mol. The smallest absolute Gasteiger partial charge is 0.274 e. The first kappa shape index (κ1) is 13.7. The molecule has 1 fully saturated rings. The molecule has 0 radical (unpaired) electrons. The van der Waals surface area contributed by atoms with Gasteiger partial charge in [-0.3, -0.25) is 29.9 Å². The van der Waals surface area contributed by atoms with Crippen LogP contribution >= 0.6 is 0 Å². The highest BCUT2D eigenvalue weighted by molar-refractivity contribution is 6.00. The lowest BCUT2D eigenvalue weighted by molar-refractivity contribution is -0.385. The minimum atomic E-state index is -1.08. The van der Waals surface area contributed by atoms with Crippen molar-refractivity contribution >= 4 is 17.5 Å². The van der Waals surface area contributed by atoms with Crippen molar-refractivity contribution in [2.75, 3.05) is 0 Å². The van der Waals surface area contributed by atoms with Gasteiger partial charge < -0.3 is 5.11 Å². The number of piperidine rings is 1. The molecule has 8 nitrogen and oxygen atoms in total. The maximum atomic E-state index is 11.9. The number of fused-ring (bicyclic) bond motifs is 1. The van der Waals surface area contributed by atoms with Gasteiger partial charge in [0.25, 0.3) is 5.69 Å². The van der Waals surface area contributed by atoms with Crippen LogP contribution in [0.5, 0.6) is 0 Å². The lowest BCUT2D eigenvalue weighted by Gasteiger charge is -2.31. The van der Waals surface area contributed by atoms with Gasteiger partial charge in [0, 0.05) is 24.6 Å². The summed E-state index contributed by atoms with van der Waals surface area (Å²) in [5, 5.41) is 23.6. The molecule has 0 spiro atoms. The number of rotatable bonds is 2. The number of amides is 2. The summed E-state index contributed by atoms with van der Waals surface area (Å²) < 4.78 is 0. The highest BCUT2D eigenvalue weighted by Gasteiger charge is 2.41. The minimum absolute atomic E-state index is 0.0682. The summed E-state index contributed by atoms with van der Waals surface area (Å²) in [5.74, 6) is -0.811. The molecule has 3 rings (SSSR count). The number of aliphatic hydroxyl groups excluding tert-OH is 1. The summed E-state index contributed by atoms with van der Waals surface area (Å²) >= 11 is 0. The molecule has 2 atom stereocenters. The summed E-state index contributed by atoms with van der Waals surface area (Å²) in [4.78, 5) is 35.1. The second-order valence-corrected chi connectivity index (χ2v) is 5.11. The molecule has 21 heavy (non-hydrogen) atoms. The van der Waals surface area contributed by atoms with E-state index in [0.29, 0.717) is 17.5 Å². The summed E-state index contributed by atoms with van der Waals surface area (Å²) in [6.45, 7) is 0.111. The Morgan fingerprint density at radius 2 is 2.14 bits per heavy atom. The van der Waals surface area contributed by atoms with Crippen LogP contribution in [0.3, 0.4) is 0 Å². The van der Waals surface area contributed by atoms with Gasteiger partial charge in [-0.15, -0.1) is 0 Å². The largest absolute Gasteiger partial charge is 0.374 e. The van der Waals surface area contributed by atoms with Crippen LogP contribution < -0.4 is 5.32 Å². The molecular formula is C13H13N3O5. The van der Waals surface area contributed by atoms with Crippen LogP contribution in [0.1, 0.15) is 30.2 Å². The Bertz CT molecular complexity index is 645. The van der Waals surface area contributed by atoms with E-state index in [4.69, 9.17) is 0 Å². The Morgan fingerprint density at radius 1 is 1.38 bits per heavy atom. The van der Waals surface area contributed by atoms with Crippen molar-refractivity contribution in [3.63, 3.8) is 0 Å². The third-order valence-corrected chi connectivity index (χ3v) is 3.93. The van der Waals surface area contributed by atoms with Gasteiger partial charge in [0.15, 0.2) is 0 Å². The van der Waals surface area contributed by atoms with Gasteiger partial charge in [-0.1, -0.05) is 12.1 Å². The van der Waals surface area contributed by atoms with Gasteiger partial charge in [0.05, 0.1) is 16.5 Å². The fourth-order valence-electron chi connectivity index (χ4n) is 2.90. The summed E-state index contributed by atoms with van der Waals surface area (Å²) in [6, 6.07) is 3.83. The molecule has 2 aliphatic rings. The lowest BCUT2D eigenvalue weighted by Crippen LogP contribution is -2.51. The first-order valence-corrected chi connectivity index (χ1v) is 6.52. The first-order chi connectivity index (χ1) is 9.99. The van der Waals surface area contributed by atoms with Crippen LogP contribution in [0.2, 0.25) is 0 Å². The van der Waals surface area contributed by atoms with E-state index in [2.05, 4.69) is 5.32 Å². The second kappa shape index (κ2) is 4.90. The number of nitrogens with one attached hydrogen (secondary N) is 1. The summed E-state index contributed by atoms with van der Waals surface area (Å²) in [5.41, 5.74) is 0.787.